The first-order valence-corrected chi connectivity index (χ1v) is 11.2. The zero-order valence-electron chi connectivity index (χ0n) is 17.5. The van der Waals surface area contributed by atoms with Crippen LogP contribution in [0.5, 0.6) is 0 Å². The largest absolute Gasteiger partial charge is 0.379 e. The van der Waals surface area contributed by atoms with Crippen LogP contribution < -0.4 is 5.32 Å². The van der Waals surface area contributed by atoms with Crippen LogP contribution in [0.2, 0.25) is 0 Å². The molecule has 0 atom stereocenters. The summed E-state index contributed by atoms with van der Waals surface area (Å²) < 4.78 is 5.41. The highest BCUT2D eigenvalue weighted by Gasteiger charge is 2.12. The normalized spacial score (nSPS) is 14.6. The van der Waals surface area contributed by atoms with Gasteiger partial charge in [0.15, 0.2) is 0 Å². The van der Waals surface area contributed by atoms with E-state index in [1.54, 1.807) is 11.3 Å². The minimum Gasteiger partial charge on any atom is -0.379 e. The summed E-state index contributed by atoms with van der Waals surface area (Å²) in [7, 11) is 0. The van der Waals surface area contributed by atoms with E-state index < -0.39 is 0 Å². The third-order valence-electron chi connectivity index (χ3n) is 5.27. The molecule has 0 saturated carbocycles. The molecule has 30 heavy (non-hydrogen) atoms. The summed E-state index contributed by atoms with van der Waals surface area (Å²) in [6.45, 7) is 8.58. The van der Waals surface area contributed by atoms with E-state index in [2.05, 4.69) is 39.5 Å². The Hall–Kier alpha value is -2.54. The second-order valence-electron chi connectivity index (χ2n) is 7.77. The lowest BCUT2D eigenvalue weighted by atomic mass is 10.1. The van der Waals surface area contributed by atoms with Crippen LogP contribution in [0.25, 0.3) is 10.6 Å². The molecule has 0 unspecified atom stereocenters. The van der Waals surface area contributed by atoms with Crippen LogP contribution >= 0.6 is 11.3 Å². The van der Waals surface area contributed by atoms with Gasteiger partial charge in [-0.15, -0.1) is 11.3 Å². The van der Waals surface area contributed by atoms with Crippen LogP contribution in [0.15, 0.2) is 47.8 Å². The Bertz CT molecular complexity index is 1010. The Morgan fingerprint density at radius 1 is 1.13 bits per heavy atom. The van der Waals surface area contributed by atoms with Crippen molar-refractivity contribution in [3.8, 4) is 10.6 Å². The summed E-state index contributed by atoms with van der Waals surface area (Å²) in [5, 5.41) is 5.93. The standard InChI is InChI=1S/C24H27N3O2S/c1-17-3-4-18(2)22(13-17)26-23(28)14-21-16-30-24(25-21)20-7-5-19(6-8-20)15-27-9-11-29-12-10-27/h3-8,13,16H,9-12,14-15H2,1-2H3,(H,26,28). The maximum absolute atomic E-state index is 12.5. The monoisotopic (exact) mass is 421 g/mol. The average Bonchev–Trinajstić information content (AvgIpc) is 3.20. The van der Waals surface area contributed by atoms with Gasteiger partial charge in [-0.25, -0.2) is 4.98 Å². The van der Waals surface area contributed by atoms with Gasteiger partial charge in [-0.05, 0) is 36.6 Å². The number of carbonyl (C=O) groups excluding carboxylic acids is 1. The maximum Gasteiger partial charge on any atom is 0.230 e. The van der Waals surface area contributed by atoms with Gasteiger partial charge >= 0.3 is 0 Å². The number of anilines is 1. The molecule has 3 aromatic rings. The first-order valence-electron chi connectivity index (χ1n) is 10.3. The van der Waals surface area contributed by atoms with Gasteiger partial charge in [-0.2, -0.15) is 0 Å². The molecule has 1 aliphatic heterocycles. The predicted octanol–water partition coefficient (Wildman–Crippen LogP) is 4.44. The molecule has 0 bridgehead atoms. The van der Waals surface area contributed by atoms with E-state index in [1.165, 1.54) is 5.56 Å². The number of benzene rings is 2. The molecule has 2 aromatic carbocycles. The fraction of sp³-hybridized carbons (Fsp3) is 0.333. The molecule has 1 aromatic heterocycles. The van der Waals surface area contributed by atoms with E-state index in [0.717, 1.165) is 65.9 Å². The third-order valence-corrected chi connectivity index (χ3v) is 6.21. The number of ether oxygens (including phenoxy) is 1. The Morgan fingerprint density at radius 3 is 2.67 bits per heavy atom. The van der Waals surface area contributed by atoms with Crippen molar-refractivity contribution in [3.63, 3.8) is 0 Å². The van der Waals surface area contributed by atoms with Crippen LogP contribution in [0.1, 0.15) is 22.4 Å². The van der Waals surface area contributed by atoms with Gasteiger partial charge in [0.25, 0.3) is 0 Å². The number of nitrogens with one attached hydrogen (secondary N) is 1. The van der Waals surface area contributed by atoms with Crippen LogP contribution in [0.4, 0.5) is 5.69 Å². The number of aryl methyl sites for hydroxylation is 2. The van der Waals surface area contributed by atoms with Crippen molar-refractivity contribution < 1.29 is 9.53 Å². The third kappa shape index (κ3) is 5.33. The molecule has 156 valence electrons. The topological polar surface area (TPSA) is 54.5 Å². The summed E-state index contributed by atoms with van der Waals surface area (Å²) in [4.78, 5) is 19.6. The minimum atomic E-state index is -0.0404. The molecule has 5 nitrogen and oxygen atoms in total. The Labute approximate surface area is 181 Å². The molecule has 4 rings (SSSR count). The molecule has 1 fully saturated rings. The number of rotatable bonds is 6. The SMILES string of the molecule is Cc1ccc(C)c(NC(=O)Cc2csc(-c3ccc(CN4CCOCC4)cc3)n2)c1. The number of carbonyl (C=O) groups is 1. The molecular weight excluding hydrogens is 394 g/mol. The van der Waals surface area contributed by atoms with E-state index in [0.29, 0.717) is 0 Å². The fourth-order valence-electron chi connectivity index (χ4n) is 3.52. The number of aromatic nitrogens is 1. The van der Waals surface area contributed by atoms with E-state index in [-0.39, 0.29) is 12.3 Å². The highest BCUT2D eigenvalue weighted by atomic mass is 32.1. The van der Waals surface area contributed by atoms with E-state index in [4.69, 9.17) is 4.74 Å². The Kier molecular flexibility index (Phi) is 6.57. The highest BCUT2D eigenvalue weighted by molar-refractivity contribution is 7.13. The van der Waals surface area contributed by atoms with Gasteiger partial charge in [-0.3, -0.25) is 9.69 Å². The van der Waals surface area contributed by atoms with Crippen molar-refractivity contribution in [1.82, 2.24) is 9.88 Å². The summed E-state index contributed by atoms with van der Waals surface area (Å²) in [5.74, 6) is -0.0404. The lowest BCUT2D eigenvalue weighted by Gasteiger charge is -2.26. The number of morpholine rings is 1. The average molecular weight is 422 g/mol. The van der Waals surface area contributed by atoms with E-state index in [9.17, 15) is 4.79 Å². The summed E-state index contributed by atoms with van der Waals surface area (Å²) in [6, 6.07) is 14.6. The minimum absolute atomic E-state index is 0.0404. The van der Waals surface area contributed by atoms with E-state index >= 15 is 0 Å². The second kappa shape index (κ2) is 9.51. The number of hydrogen-bond acceptors (Lipinski definition) is 5. The van der Waals surface area contributed by atoms with Gasteiger partial charge in [0, 0.05) is 36.3 Å². The van der Waals surface area contributed by atoms with Crippen molar-refractivity contribution >= 4 is 22.9 Å². The van der Waals surface area contributed by atoms with Crippen LogP contribution in [-0.4, -0.2) is 42.1 Å². The molecule has 6 heteroatoms. The smallest absolute Gasteiger partial charge is 0.230 e. The molecule has 2 heterocycles. The van der Waals surface area contributed by atoms with E-state index in [1.807, 2.05) is 37.4 Å². The van der Waals surface area contributed by atoms with Gasteiger partial charge < -0.3 is 10.1 Å². The summed E-state index contributed by atoms with van der Waals surface area (Å²) in [5.41, 5.74) is 6.24. The van der Waals surface area contributed by atoms with Gasteiger partial charge in [0.05, 0.1) is 25.3 Å². The molecule has 1 saturated heterocycles. The summed E-state index contributed by atoms with van der Waals surface area (Å²) >= 11 is 1.58. The number of amides is 1. The zero-order valence-corrected chi connectivity index (χ0v) is 18.3. The Balaban J connectivity index is 1.36. The van der Waals surface area contributed by atoms with Crippen molar-refractivity contribution in [2.75, 3.05) is 31.6 Å². The quantitative estimate of drug-likeness (QED) is 0.639. The molecular formula is C24H27N3O2S. The predicted molar refractivity (Wildman–Crippen MR) is 122 cm³/mol. The van der Waals surface area contributed by atoms with Crippen molar-refractivity contribution in [2.24, 2.45) is 0 Å². The summed E-state index contributed by atoms with van der Waals surface area (Å²) in [6.07, 6.45) is 0.277. The molecule has 0 radical (unpaired) electrons. The van der Waals surface area contributed by atoms with Crippen LogP contribution in [0, 0.1) is 13.8 Å². The number of hydrogen-bond donors (Lipinski definition) is 1. The van der Waals surface area contributed by atoms with Crippen molar-refractivity contribution in [3.05, 3.63) is 70.2 Å². The molecule has 0 aliphatic carbocycles. The Morgan fingerprint density at radius 2 is 1.90 bits per heavy atom. The molecule has 1 amide bonds. The van der Waals surface area contributed by atoms with Gasteiger partial charge in [0.1, 0.15) is 5.01 Å². The molecule has 0 spiro atoms. The lowest BCUT2D eigenvalue weighted by Crippen LogP contribution is -2.35. The zero-order chi connectivity index (χ0) is 20.9. The molecule has 1 N–H and O–H groups in total. The van der Waals surface area contributed by atoms with Gasteiger partial charge in [-0.1, -0.05) is 36.4 Å². The van der Waals surface area contributed by atoms with Crippen molar-refractivity contribution in [2.45, 2.75) is 26.8 Å². The first-order chi connectivity index (χ1) is 14.6. The van der Waals surface area contributed by atoms with Crippen molar-refractivity contribution in [1.29, 1.82) is 0 Å². The number of thiazole rings is 1. The first kappa shape index (κ1) is 20.7. The van der Waals surface area contributed by atoms with Crippen LogP contribution in [0.3, 0.4) is 0 Å². The maximum atomic E-state index is 12.5. The van der Waals surface area contributed by atoms with Gasteiger partial charge in [0.2, 0.25) is 5.91 Å². The van der Waals surface area contributed by atoms with Crippen LogP contribution in [-0.2, 0) is 22.5 Å². The molecule has 1 aliphatic rings. The number of nitrogens with zero attached hydrogens (tertiary/aromatic N) is 2. The second-order valence-corrected chi connectivity index (χ2v) is 8.63. The fourth-order valence-corrected chi connectivity index (χ4v) is 4.35. The lowest BCUT2D eigenvalue weighted by molar-refractivity contribution is -0.115. The highest BCUT2D eigenvalue weighted by Crippen LogP contribution is 2.25.